The number of pyridine rings is 1. The van der Waals surface area contributed by atoms with E-state index in [1.807, 2.05) is 18.2 Å². The summed E-state index contributed by atoms with van der Waals surface area (Å²) in [6.45, 7) is 3.14. The predicted octanol–water partition coefficient (Wildman–Crippen LogP) is 0.603. The Morgan fingerprint density at radius 1 is 1.50 bits per heavy atom. The molecule has 108 valence electrons. The summed E-state index contributed by atoms with van der Waals surface area (Å²) in [7, 11) is 0. The normalized spacial score (nSPS) is 26.2. The smallest absolute Gasteiger partial charge is 0.250 e. The third kappa shape index (κ3) is 3.16. The third-order valence-electron chi connectivity index (χ3n) is 4.09. The molecule has 0 bridgehead atoms. The maximum absolute atomic E-state index is 12.1. The molecule has 0 radical (unpaired) electrons. The molecule has 1 aromatic rings. The van der Waals surface area contributed by atoms with E-state index in [4.69, 9.17) is 4.74 Å². The van der Waals surface area contributed by atoms with Gasteiger partial charge in [0.1, 0.15) is 6.10 Å². The summed E-state index contributed by atoms with van der Waals surface area (Å²) in [6.07, 6.45) is 4.64. The summed E-state index contributed by atoms with van der Waals surface area (Å²) in [5.74, 6) is 0.00582. The van der Waals surface area contributed by atoms with Crippen molar-refractivity contribution in [2.45, 2.75) is 31.4 Å². The Hall–Kier alpha value is -1.46. The topological polar surface area (TPSA) is 54.5 Å². The van der Waals surface area contributed by atoms with Crippen LogP contribution >= 0.6 is 0 Å². The second-order valence-corrected chi connectivity index (χ2v) is 5.48. The lowest BCUT2D eigenvalue weighted by atomic mass is 10.2. The standard InChI is InChI=1S/C15H21N3O2/c19-15(17-8-6-12-4-1-2-7-16-12)14-10-18-9-3-5-13(18)11-20-14/h1-2,4,7,13-14H,3,5-6,8-11H2,(H,17,19). The number of hydrogen-bond acceptors (Lipinski definition) is 4. The minimum absolute atomic E-state index is 0.00582. The van der Waals surface area contributed by atoms with Crippen molar-refractivity contribution < 1.29 is 9.53 Å². The number of rotatable bonds is 4. The van der Waals surface area contributed by atoms with Crippen molar-refractivity contribution in [1.82, 2.24) is 15.2 Å². The number of hydrogen-bond donors (Lipinski definition) is 1. The zero-order chi connectivity index (χ0) is 13.8. The van der Waals surface area contributed by atoms with Gasteiger partial charge in [-0.1, -0.05) is 6.07 Å². The zero-order valence-electron chi connectivity index (χ0n) is 11.6. The number of carbonyl (C=O) groups is 1. The van der Waals surface area contributed by atoms with E-state index in [9.17, 15) is 4.79 Å². The molecule has 5 heteroatoms. The second-order valence-electron chi connectivity index (χ2n) is 5.48. The average Bonchev–Trinajstić information content (AvgIpc) is 2.95. The van der Waals surface area contributed by atoms with Gasteiger partial charge < -0.3 is 10.1 Å². The molecule has 1 aromatic heterocycles. The summed E-state index contributed by atoms with van der Waals surface area (Å²) >= 11 is 0. The molecule has 3 heterocycles. The number of nitrogens with zero attached hydrogens (tertiary/aromatic N) is 2. The lowest BCUT2D eigenvalue weighted by Crippen LogP contribution is -2.52. The van der Waals surface area contributed by atoms with Crippen LogP contribution in [0.4, 0.5) is 0 Å². The van der Waals surface area contributed by atoms with Gasteiger partial charge in [-0.05, 0) is 31.5 Å². The predicted molar refractivity (Wildman–Crippen MR) is 75.3 cm³/mol. The van der Waals surface area contributed by atoms with Gasteiger partial charge in [-0.2, -0.15) is 0 Å². The molecule has 0 saturated carbocycles. The molecule has 2 aliphatic rings. The zero-order valence-corrected chi connectivity index (χ0v) is 11.6. The highest BCUT2D eigenvalue weighted by atomic mass is 16.5. The first-order valence-electron chi connectivity index (χ1n) is 7.36. The van der Waals surface area contributed by atoms with Crippen LogP contribution in [0.3, 0.4) is 0 Å². The monoisotopic (exact) mass is 275 g/mol. The molecule has 2 saturated heterocycles. The largest absolute Gasteiger partial charge is 0.365 e. The van der Waals surface area contributed by atoms with Crippen LogP contribution < -0.4 is 5.32 Å². The molecular weight excluding hydrogens is 254 g/mol. The Bertz CT molecular complexity index is 452. The molecule has 5 nitrogen and oxygen atoms in total. The molecule has 0 aliphatic carbocycles. The van der Waals surface area contributed by atoms with Crippen LogP contribution in [-0.4, -0.2) is 54.2 Å². The van der Waals surface area contributed by atoms with Crippen LogP contribution in [0.2, 0.25) is 0 Å². The van der Waals surface area contributed by atoms with E-state index in [2.05, 4.69) is 15.2 Å². The fraction of sp³-hybridized carbons (Fsp3) is 0.600. The summed E-state index contributed by atoms with van der Waals surface area (Å²) in [5.41, 5.74) is 0.997. The number of aromatic nitrogens is 1. The van der Waals surface area contributed by atoms with Crippen molar-refractivity contribution in [3.05, 3.63) is 30.1 Å². The summed E-state index contributed by atoms with van der Waals surface area (Å²) in [4.78, 5) is 18.7. The highest BCUT2D eigenvalue weighted by molar-refractivity contribution is 5.81. The second kappa shape index (κ2) is 6.33. The molecule has 0 aromatic carbocycles. The molecule has 0 spiro atoms. The maximum Gasteiger partial charge on any atom is 0.250 e. The van der Waals surface area contributed by atoms with Crippen LogP contribution in [0.15, 0.2) is 24.4 Å². The van der Waals surface area contributed by atoms with Crippen molar-refractivity contribution in [1.29, 1.82) is 0 Å². The Kier molecular flexibility index (Phi) is 4.28. The van der Waals surface area contributed by atoms with Gasteiger partial charge in [-0.25, -0.2) is 0 Å². The minimum Gasteiger partial charge on any atom is -0.365 e. The quantitative estimate of drug-likeness (QED) is 0.874. The first-order valence-corrected chi connectivity index (χ1v) is 7.36. The van der Waals surface area contributed by atoms with Gasteiger partial charge in [-0.3, -0.25) is 14.7 Å². The van der Waals surface area contributed by atoms with E-state index in [-0.39, 0.29) is 12.0 Å². The Morgan fingerprint density at radius 3 is 3.30 bits per heavy atom. The summed E-state index contributed by atoms with van der Waals surface area (Å²) in [6, 6.07) is 6.36. The van der Waals surface area contributed by atoms with E-state index < -0.39 is 0 Å². The van der Waals surface area contributed by atoms with E-state index in [0.717, 1.165) is 25.2 Å². The van der Waals surface area contributed by atoms with Crippen molar-refractivity contribution in [2.75, 3.05) is 26.2 Å². The van der Waals surface area contributed by atoms with Crippen LogP contribution in [0, 0.1) is 0 Å². The number of fused-ring (bicyclic) bond motifs is 1. The number of morpholine rings is 1. The van der Waals surface area contributed by atoms with E-state index in [1.165, 1.54) is 12.8 Å². The number of carbonyl (C=O) groups excluding carboxylic acids is 1. The van der Waals surface area contributed by atoms with Crippen molar-refractivity contribution in [3.63, 3.8) is 0 Å². The fourth-order valence-electron chi connectivity index (χ4n) is 2.95. The molecule has 3 rings (SSSR count). The lowest BCUT2D eigenvalue weighted by Gasteiger charge is -2.34. The SMILES string of the molecule is O=C(NCCc1ccccn1)C1CN2CCCC2CO1. The van der Waals surface area contributed by atoms with Gasteiger partial charge in [-0.15, -0.1) is 0 Å². The first-order chi connectivity index (χ1) is 9.83. The molecule has 2 aliphatic heterocycles. The summed E-state index contributed by atoms with van der Waals surface area (Å²) in [5, 5.41) is 2.95. The van der Waals surface area contributed by atoms with Gasteiger partial charge in [0.15, 0.2) is 0 Å². The van der Waals surface area contributed by atoms with E-state index in [1.54, 1.807) is 6.20 Å². The Balaban J connectivity index is 1.43. The van der Waals surface area contributed by atoms with E-state index in [0.29, 0.717) is 19.2 Å². The van der Waals surface area contributed by atoms with E-state index >= 15 is 0 Å². The number of nitrogens with one attached hydrogen (secondary N) is 1. The van der Waals surface area contributed by atoms with Gasteiger partial charge in [0.2, 0.25) is 5.91 Å². The van der Waals surface area contributed by atoms with Crippen LogP contribution in [0.5, 0.6) is 0 Å². The van der Waals surface area contributed by atoms with Crippen LogP contribution in [0.1, 0.15) is 18.5 Å². The molecule has 20 heavy (non-hydrogen) atoms. The maximum atomic E-state index is 12.1. The van der Waals surface area contributed by atoms with Crippen molar-refractivity contribution >= 4 is 5.91 Å². The number of amides is 1. The minimum atomic E-state index is -0.312. The van der Waals surface area contributed by atoms with Crippen molar-refractivity contribution in [3.8, 4) is 0 Å². The Morgan fingerprint density at radius 2 is 2.45 bits per heavy atom. The Labute approximate surface area is 119 Å². The van der Waals surface area contributed by atoms with Gasteiger partial charge in [0, 0.05) is 37.4 Å². The van der Waals surface area contributed by atoms with Crippen LogP contribution in [-0.2, 0) is 16.0 Å². The van der Waals surface area contributed by atoms with Gasteiger partial charge in [0.25, 0.3) is 0 Å². The lowest BCUT2D eigenvalue weighted by molar-refractivity contribution is -0.140. The van der Waals surface area contributed by atoms with Crippen molar-refractivity contribution in [2.24, 2.45) is 0 Å². The molecule has 2 unspecified atom stereocenters. The van der Waals surface area contributed by atoms with Crippen LogP contribution in [0.25, 0.3) is 0 Å². The molecule has 2 atom stereocenters. The third-order valence-corrected chi connectivity index (χ3v) is 4.09. The van der Waals surface area contributed by atoms with Gasteiger partial charge in [0.05, 0.1) is 6.61 Å². The fourth-order valence-corrected chi connectivity index (χ4v) is 2.95. The molecule has 1 amide bonds. The number of ether oxygens (including phenoxy) is 1. The molecular formula is C15H21N3O2. The molecule has 2 fully saturated rings. The molecule has 1 N–H and O–H groups in total. The highest BCUT2D eigenvalue weighted by Gasteiger charge is 2.35. The average molecular weight is 275 g/mol. The first kappa shape index (κ1) is 13.5. The summed E-state index contributed by atoms with van der Waals surface area (Å²) < 4.78 is 5.69. The van der Waals surface area contributed by atoms with Gasteiger partial charge >= 0.3 is 0 Å². The highest BCUT2D eigenvalue weighted by Crippen LogP contribution is 2.22.